The Kier molecular flexibility index (Phi) is 3.73. The highest BCUT2D eigenvalue weighted by atomic mass is 19.1. The number of hydrogen-bond acceptors (Lipinski definition) is 4. The number of nitrogens with zero attached hydrogens (tertiary/aromatic N) is 1. The second kappa shape index (κ2) is 5.07. The molecule has 2 rings (SSSR count). The van der Waals surface area contributed by atoms with E-state index in [2.05, 4.69) is 10.6 Å². The van der Waals surface area contributed by atoms with Gasteiger partial charge in [0.2, 0.25) is 5.91 Å². The Morgan fingerprint density at radius 3 is 2.94 bits per heavy atom. The molecule has 2 aliphatic rings. The van der Waals surface area contributed by atoms with Crippen LogP contribution in [0.1, 0.15) is 6.42 Å². The zero-order valence-corrected chi connectivity index (χ0v) is 9.41. The van der Waals surface area contributed by atoms with Crippen molar-refractivity contribution in [1.82, 2.24) is 15.5 Å². The van der Waals surface area contributed by atoms with E-state index < -0.39 is 6.17 Å². The first kappa shape index (κ1) is 11.8. The molecule has 3 atom stereocenters. The Balaban J connectivity index is 1.88. The molecule has 1 amide bonds. The van der Waals surface area contributed by atoms with E-state index >= 15 is 0 Å². The fourth-order valence-corrected chi connectivity index (χ4v) is 2.23. The minimum absolute atomic E-state index is 0.0118. The number of halogens is 1. The van der Waals surface area contributed by atoms with E-state index in [0.29, 0.717) is 26.2 Å². The number of likely N-dealkylation sites (tertiary alicyclic amines) is 1. The Bertz CT molecular complexity index is 258. The van der Waals surface area contributed by atoms with Crippen LogP contribution < -0.4 is 10.6 Å². The number of carbonyl (C=O) groups is 1. The van der Waals surface area contributed by atoms with Crippen LogP contribution in [0.25, 0.3) is 0 Å². The maximum atomic E-state index is 13.6. The van der Waals surface area contributed by atoms with Gasteiger partial charge in [0.05, 0.1) is 12.6 Å². The number of nitrogens with one attached hydrogen (secondary N) is 2. The first-order valence-corrected chi connectivity index (χ1v) is 5.62. The number of alkyl halides is 1. The largest absolute Gasteiger partial charge is 0.378 e. The molecule has 2 fully saturated rings. The Morgan fingerprint density at radius 2 is 2.38 bits per heavy atom. The third-order valence-corrected chi connectivity index (χ3v) is 3.22. The quantitative estimate of drug-likeness (QED) is 0.646. The molecule has 0 aliphatic carbocycles. The molecule has 0 saturated carbocycles. The molecule has 2 heterocycles. The van der Waals surface area contributed by atoms with Gasteiger partial charge < -0.3 is 15.0 Å². The van der Waals surface area contributed by atoms with Crippen molar-refractivity contribution in [3.8, 4) is 0 Å². The summed E-state index contributed by atoms with van der Waals surface area (Å²) in [6, 6.07) is -0.203. The van der Waals surface area contributed by atoms with E-state index in [1.165, 1.54) is 7.11 Å². The van der Waals surface area contributed by atoms with Gasteiger partial charge in [-0.05, 0) is 6.42 Å². The van der Waals surface area contributed by atoms with Crippen LogP contribution in [-0.2, 0) is 9.53 Å². The number of methoxy groups -OCH3 is 1. The van der Waals surface area contributed by atoms with E-state index in [-0.39, 0.29) is 24.6 Å². The number of ether oxygens (including phenoxy) is 1. The second-order valence-corrected chi connectivity index (χ2v) is 4.25. The van der Waals surface area contributed by atoms with Gasteiger partial charge in [-0.2, -0.15) is 0 Å². The van der Waals surface area contributed by atoms with Gasteiger partial charge in [-0.1, -0.05) is 0 Å². The van der Waals surface area contributed by atoms with Crippen LogP contribution in [0.5, 0.6) is 0 Å². The maximum absolute atomic E-state index is 13.6. The van der Waals surface area contributed by atoms with Crippen molar-refractivity contribution in [2.75, 3.05) is 33.4 Å². The Hall–Kier alpha value is -0.720. The van der Waals surface area contributed by atoms with Crippen molar-refractivity contribution in [3.63, 3.8) is 0 Å². The predicted molar refractivity (Wildman–Crippen MR) is 56.7 cm³/mol. The van der Waals surface area contributed by atoms with Crippen molar-refractivity contribution < 1.29 is 13.9 Å². The van der Waals surface area contributed by atoms with Gasteiger partial charge in [0.25, 0.3) is 0 Å². The van der Waals surface area contributed by atoms with E-state index in [1.807, 2.05) is 0 Å². The summed E-state index contributed by atoms with van der Waals surface area (Å²) in [5, 5.41) is 6.08. The van der Waals surface area contributed by atoms with Crippen molar-refractivity contribution in [2.24, 2.45) is 0 Å². The summed E-state index contributed by atoms with van der Waals surface area (Å²) < 4.78 is 18.6. The third kappa shape index (κ3) is 2.34. The van der Waals surface area contributed by atoms with Crippen LogP contribution >= 0.6 is 0 Å². The molecule has 0 radical (unpaired) electrons. The molecule has 0 aromatic heterocycles. The van der Waals surface area contributed by atoms with Crippen molar-refractivity contribution in [3.05, 3.63) is 0 Å². The van der Waals surface area contributed by atoms with Gasteiger partial charge in [0.15, 0.2) is 0 Å². The predicted octanol–water partition coefficient (Wildman–Crippen LogP) is -0.909. The normalized spacial score (nSPS) is 35.4. The lowest BCUT2D eigenvalue weighted by molar-refractivity contribution is -0.137. The van der Waals surface area contributed by atoms with Crippen LogP contribution in [0, 0.1) is 0 Å². The topological polar surface area (TPSA) is 53.6 Å². The summed E-state index contributed by atoms with van der Waals surface area (Å²) in [6.07, 6.45) is -0.861. The molecule has 0 spiro atoms. The number of rotatable bonds is 2. The zero-order valence-electron chi connectivity index (χ0n) is 9.41. The lowest BCUT2D eigenvalue weighted by atomic mass is 10.0. The Labute approximate surface area is 94.3 Å². The second-order valence-electron chi connectivity index (χ2n) is 4.25. The van der Waals surface area contributed by atoms with Crippen molar-refractivity contribution in [2.45, 2.75) is 24.7 Å². The van der Waals surface area contributed by atoms with E-state index in [4.69, 9.17) is 4.74 Å². The summed E-state index contributed by atoms with van der Waals surface area (Å²) in [4.78, 5) is 13.5. The number of amides is 1. The van der Waals surface area contributed by atoms with Crippen LogP contribution in [0.2, 0.25) is 0 Å². The monoisotopic (exact) mass is 231 g/mol. The third-order valence-electron chi connectivity index (χ3n) is 3.22. The first-order valence-electron chi connectivity index (χ1n) is 5.62. The van der Waals surface area contributed by atoms with Crippen LogP contribution in [0.15, 0.2) is 0 Å². The molecule has 5 nitrogen and oxygen atoms in total. The molecule has 92 valence electrons. The van der Waals surface area contributed by atoms with Crippen molar-refractivity contribution >= 4 is 5.91 Å². The summed E-state index contributed by atoms with van der Waals surface area (Å²) in [5.74, 6) is -0.0118. The van der Waals surface area contributed by atoms with Crippen LogP contribution in [0.3, 0.4) is 0 Å². The summed E-state index contributed by atoms with van der Waals surface area (Å²) in [5.41, 5.74) is 0. The van der Waals surface area contributed by atoms with E-state index in [1.54, 1.807) is 4.90 Å². The fraction of sp³-hybridized carbons (Fsp3) is 0.900. The lowest BCUT2D eigenvalue weighted by Gasteiger charge is -2.35. The zero-order chi connectivity index (χ0) is 11.5. The number of hydrogen-bond donors (Lipinski definition) is 2. The first-order chi connectivity index (χ1) is 7.72. The standard InChI is InChI=1S/C10H18FN3O2/c1-16-9-2-3-14(5-7(9)11)10(15)8-4-12-6-13-8/h7-9,12-13H,2-6H2,1H3/t7-,8?,9+/m1/s1. The van der Waals surface area contributed by atoms with Crippen LogP contribution in [-0.4, -0.2) is 62.5 Å². The van der Waals surface area contributed by atoms with E-state index in [0.717, 1.165) is 0 Å². The van der Waals surface area contributed by atoms with E-state index in [9.17, 15) is 9.18 Å². The molecular weight excluding hydrogens is 213 g/mol. The highest BCUT2D eigenvalue weighted by Gasteiger charge is 2.34. The molecule has 0 aromatic rings. The van der Waals surface area contributed by atoms with Crippen LogP contribution in [0.4, 0.5) is 4.39 Å². The van der Waals surface area contributed by atoms with Crippen molar-refractivity contribution in [1.29, 1.82) is 0 Å². The minimum atomic E-state index is -1.07. The van der Waals surface area contributed by atoms with Gasteiger partial charge in [0.1, 0.15) is 12.2 Å². The minimum Gasteiger partial charge on any atom is -0.378 e. The molecule has 2 aliphatic heterocycles. The lowest BCUT2D eigenvalue weighted by Crippen LogP contribution is -2.53. The number of carbonyl (C=O) groups excluding carboxylic acids is 1. The average molecular weight is 231 g/mol. The van der Waals surface area contributed by atoms with Gasteiger partial charge in [-0.25, -0.2) is 4.39 Å². The molecule has 6 heteroatoms. The highest BCUT2D eigenvalue weighted by Crippen LogP contribution is 2.17. The molecule has 0 aromatic carbocycles. The smallest absolute Gasteiger partial charge is 0.241 e. The fourth-order valence-electron chi connectivity index (χ4n) is 2.23. The average Bonchev–Trinajstić information content (AvgIpc) is 2.81. The molecule has 16 heavy (non-hydrogen) atoms. The molecular formula is C10H18FN3O2. The molecule has 2 N–H and O–H groups in total. The molecule has 1 unspecified atom stereocenters. The summed E-state index contributed by atoms with van der Waals surface area (Å²) >= 11 is 0. The molecule has 2 saturated heterocycles. The summed E-state index contributed by atoms with van der Waals surface area (Å²) in [7, 11) is 1.51. The van der Waals surface area contributed by atoms with Gasteiger partial charge in [-0.3, -0.25) is 10.1 Å². The SMILES string of the molecule is CO[C@H]1CCN(C(=O)C2CNCN2)C[C@H]1F. The summed E-state index contributed by atoms with van der Waals surface area (Å²) in [6.45, 7) is 2.00. The number of piperidine rings is 1. The highest BCUT2D eigenvalue weighted by molar-refractivity contribution is 5.82. The van der Waals surface area contributed by atoms with Gasteiger partial charge in [-0.15, -0.1) is 0 Å². The van der Waals surface area contributed by atoms with Gasteiger partial charge >= 0.3 is 0 Å². The van der Waals surface area contributed by atoms with Gasteiger partial charge in [0, 0.05) is 26.9 Å². The molecule has 0 bridgehead atoms. The Morgan fingerprint density at radius 1 is 1.56 bits per heavy atom. The maximum Gasteiger partial charge on any atom is 0.241 e.